The topological polar surface area (TPSA) is 38.9 Å². The van der Waals surface area contributed by atoms with Crippen molar-refractivity contribution >= 4 is 22.1 Å². The second-order valence-electron chi connectivity index (χ2n) is 14.2. The lowest BCUT2D eigenvalue weighted by Crippen LogP contribution is -2.35. The van der Waals surface area contributed by atoms with Gasteiger partial charge in [0.2, 0.25) is 5.71 Å². The molecule has 3 nitrogen and oxygen atoms in total. The first-order valence-electron chi connectivity index (χ1n) is 14.2. The van der Waals surface area contributed by atoms with Crippen LogP contribution >= 0.6 is 0 Å². The number of fused-ring (bicyclic) bond motifs is 6. The van der Waals surface area contributed by atoms with E-state index < -0.39 is 0 Å². The largest absolute Gasteiger partial charge is 0.437 e. The molecule has 2 aromatic carbocycles. The Hall–Kier alpha value is -3.46. The Balaban J connectivity index is 1.67. The summed E-state index contributed by atoms with van der Waals surface area (Å²) in [7, 11) is 0. The van der Waals surface area contributed by atoms with Crippen molar-refractivity contribution < 1.29 is 4.42 Å². The average molecular weight is 517 g/mol. The number of nitrogens with zero attached hydrogens (tertiary/aromatic N) is 2. The summed E-state index contributed by atoms with van der Waals surface area (Å²) < 4.78 is 6.72. The molecule has 0 saturated carbocycles. The van der Waals surface area contributed by atoms with E-state index in [2.05, 4.69) is 111 Å². The number of hydrogen-bond donors (Lipinski definition) is 0. The van der Waals surface area contributed by atoms with Gasteiger partial charge in [0.25, 0.3) is 0 Å². The molecule has 0 aliphatic heterocycles. The van der Waals surface area contributed by atoms with Crippen molar-refractivity contribution in [3.63, 3.8) is 0 Å². The first kappa shape index (κ1) is 25.8. The first-order chi connectivity index (χ1) is 18.3. The van der Waals surface area contributed by atoms with Crippen LogP contribution < -0.4 is 0 Å². The van der Waals surface area contributed by atoms with Gasteiger partial charge in [0.15, 0.2) is 0 Å². The normalized spacial score (nSPS) is 14.7. The summed E-state index contributed by atoms with van der Waals surface area (Å²) >= 11 is 0. The fraction of sp³-hybridized carbons (Fsp3) is 0.389. The highest BCUT2D eigenvalue weighted by molar-refractivity contribution is 6.10. The van der Waals surface area contributed by atoms with Crippen LogP contribution in [0, 0.1) is 31.6 Å². The minimum atomic E-state index is -0.177. The smallest absolute Gasteiger partial charge is 0.227 e. The highest BCUT2D eigenvalue weighted by Crippen LogP contribution is 2.58. The van der Waals surface area contributed by atoms with Gasteiger partial charge in [0, 0.05) is 33.5 Å². The zero-order valence-corrected chi connectivity index (χ0v) is 24.9. The van der Waals surface area contributed by atoms with Crippen LogP contribution in [0.1, 0.15) is 82.3 Å². The maximum absolute atomic E-state index is 6.72. The Bertz CT molecular complexity index is 1740. The van der Waals surface area contributed by atoms with Crippen LogP contribution in [0.25, 0.3) is 44.5 Å². The number of hydrogen-bond acceptors (Lipinski definition) is 3. The molecule has 6 rings (SSSR count). The SMILES string of the molecule is Cc1cnc(-c2c(C)ccc3c2oc2nc4c(cc23)-c2ccccc2C4(CC(C)(C)C)CC(C)(C)C)cc1C. The maximum atomic E-state index is 6.72. The number of benzene rings is 2. The fourth-order valence-corrected chi connectivity index (χ4v) is 7.01. The molecule has 1 aliphatic rings. The minimum absolute atomic E-state index is 0.129. The molecule has 0 fully saturated rings. The van der Waals surface area contributed by atoms with Crippen molar-refractivity contribution in [1.82, 2.24) is 9.97 Å². The van der Waals surface area contributed by atoms with Gasteiger partial charge >= 0.3 is 0 Å². The van der Waals surface area contributed by atoms with Crippen molar-refractivity contribution in [1.29, 1.82) is 0 Å². The van der Waals surface area contributed by atoms with Crippen LogP contribution in [-0.4, -0.2) is 9.97 Å². The van der Waals surface area contributed by atoms with E-state index in [9.17, 15) is 0 Å². The van der Waals surface area contributed by atoms with E-state index in [-0.39, 0.29) is 16.2 Å². The van der Waals surface area contributed by atoms with Gasteiger partial charge in [-0.3, -0.25) is 4.98 Å². The van der Waals surface area contributed by atoms with E-state index in [1.165, 1.54) is 33.5 Å². The van der Waals surface area contributed by atoms with E-state index in [0.29, 0.717) is 0 Å². The van der Waals surface area contributed by atoms with Gasteiger partial charge in [-0.05, 0) is 84.4 Å². The molecular formula is C36H40N2O. The lowest BCUT2D eigenvalue weighted by atomic mass is 9.63. The van der Waals surface area contributed by atoms with Crippen molar-refractivity contribution in [2.45, 2.75) is 80.6 Å². The fourth-order valence-electron chi connectivity index (χ4n) is 7.01. The Morgan fingerprint density at radius 3 is 2.10 bits per heavy atom. The van der Waals surface area contributed by atoms with Crippen LogP contribution in [-0.2, 0) is 5.41 Å². The van der Waals surface area contributed by atoms with Crippen molar-refractivity contribution in [3.05, 3.63) is 82.7 Å². The summed E-state index contributed by atoms with van der Waals surface area (Å²) in [4.78, 5) is 10.2. The molecule has 5 aromatic rings. The molecular weight excluding hydrogens is 476 g/mol. The van der Waals surface area contributed by atoms with E-state index in [1.54, 1.807) is 0 Å². The number of pyridine rings is 2. The van der Waals surface area contributed by atoms with Crippen molar-refractivity contribution in [3.8, 4) is 22.4 Å². The van der Waals surface area contributed by atoms with E-state index in [1.807, 2.05) is 6.20 Å². The van der Waals surface area contributed by atoms with Crippen LogP contribution in [0.5, 0.6) is 0 Å². The van der Waals surface area contributed by atoms with Crippen LogP contribution in [0.15, 0.2) is 59.1 Å². The van der Waals surface area contributed by atoms with E-state index in [0.717, 1.165) is 51.7 Å². The molecule has 3 heteroatoms. The summed E-state index contributed by atoms with van der Waals surface area (Å²) in [5.74, 6) is 0. The summed E-state index contributed by atoms with van der Waals surface area (Å²) in [6.45, 7) is 20.5. The molecule has 0 saturated heterocycles. The molecule has 0 atom stereocenters. The standard InChI is InChI=1S/C36H40N2O/c1-21-14-15-25-27-17-26-24-12-10-11-13-28(24)36(19-34(4,5)6,20-35(7,8)9)32(26)38-33(27)39-31(25)30(21)29-16-22(2)23(3)18-37-29/h10-18H,19-20H2,1-9H3. The summed E-state index contributed by atoms with van der Waals surface area (Å²) in [5.41, 5.74) is 12.4. The van der Waals surface area contributed by atoms with Crippen molar-refractivity contribution in [2.24, 2.45) is 10.8 Å². The summed E-state index contributed by atoms with van der Waals surface area (Å²) in [6.07, 6.45) is 4.01. The second-order valence-corrected chi connectivity index (χ2v) is 14.2. The lowest BCUT2D eigenvalue weighted by molar-refractivity contribution is 0.211. The van der Waals surface area contributed by atoms with Gasteiger partial charge in [-0.1, -0.05) is 77.9 Å². The van der Waals surface area contributed by atoms with Crippen LogP contribution in [0.4, 0.5) is 0 Å². The zero-order chi connectivity index (χ0) is 27.9. The Labute approximate surface area is 232 Å². The third-order valence-electron chi connectivity index (χ3n) is 8.32. The molecule has 0 radical (unpaired) electrons. The molecule has 0 bridgehead atoms. The maximum Gasteiger partial charge on any atom is 0.227 e. The van der Waals surface area contributed by atoms with Crippen LogP contribution in [0.3, 0.4) is 0 Å². The van der Waals surface area contributed by atoms with Gasteiger partial charge in [0.1, 0.15) is 5.58 Å². The number of aromatic nitrogens is 2. The molecule has 0 spiro atoms. The highest BCUT2D eigenvalue weighted by Gasteiger charge is 2.49. The molecule has 39 heavy (non-hydrogen) atoms. The Morgan fingerprint density at radius 1 is 0.744 bits per heavy atom. The van der Waals surface area contributed by atoms with Crippen LogP contribution in [0.2, 0.25) is 0 Å². The van der Waals surface area contributed by atoms with Gasteiger partial charge in [-0.2, -0.15) is 0 Å². The summed E-state index contributed by atoms with van der Waals surface area (Å²) in [6, 6.07) is 17.9. The first-order valence-corrected chi connectivity index (χ1v) is 14.2. The summed E-state index contributed by atoms with van der Waals surface area (Å²) in [5, 5.41) is 2.17. The van der Waals surface area contributed by atoms with E-state index >= 15 is 0 Å². The quantitative estimate of drug-likeness (QED) is 0.239. The Morgan fingerprint density at radius 2 is 1.44 bits per heavy atom. The minimum Gasteiger partial charge on any atom is -0.437 e. The zero-order valence-electron chi connectivity index (χ0n) is 24.9. The van der Waals surface area contributed by atoms with E-state index in [4.69, 9.17) is 14.4 Å². The lowest BCUT2D eigenvalue weighted by Gasteiger charge is -2.41. The Kier molecular flexibility index (Phi) is 5.63. The van der Waals surface area contributed by atoms with Gasteiger partial charge < -0.3 is 4.42 Å². The molecule has 3 aromatic heterocycles. The third-order valence-corrected chi connectivity index (χ3v) is 8.32. The number of aryl methyl sites for hydroxylation is 3. The second kappa shape index (κ2) is 8.52. The van der Waals surface area contributed by atoms with Crippen molar-refractivity contribution in [2.75, 3.05) is 0 Å². The predicted octanol–water partition coefficient (Wildman–Crippen LogP) is 10.1. The molecule has 0 unspecified atom stereocenters. The van der Waals surface area contributed by atoms with Gasteiger partial charge in [-0.15, -0.1) is 0 Å². The molecule has 3 heterocycles. The monoisotopic (exact) mass is 516 g/mol. The number of furan rings is 1. The highest BCUT2D eigenvalue weighted by atomic mass is 16.3. The molecule has 200 valence electrons. The van der Waals surface area contributed by atoms with Gasteiger partial charge in [-0.25, -0.2) is 4.98 Å². The predicted molar refractivity (Wildman–Crippen MR) is 163 cm³/mol. The van der Waals surface area contributed by atoms with Gasteiger partial charge in [0.05, 0.1) is 11.4 Å². The molecule has 0 amide bonds. The third kappa shape index (κ3) is 4.18. The average Bonchev–Trinajstić information content (AvgIpc) is 3.31. The molecule has 0 N–H and O–H groups in total. The number of rotatable bonds is 3. The molecule has 1 aliphatic carbocycles.